The average Bonchev–Trinajstić information content (AvgIpc) is 3.02. The zero-order valence-corrected chi connectivity index (χ0v) is 16.4. The van der Waals surface area contributed by atoms with Crippen LogP contribution in [0, 0.1) is 0 Å². The quantitative estimate of drug-likeness (QED) is 0.645. The summed E-state index contributed by atoms with van der Waals surface area (Å²) in [5.41, 5.74) is 2.70. The second-order valence-electron chi connectivity index (χ2n) is 6.76. The van der Waals surface area contributed by atoms with Gasteiger partial charge in [-0.25, -0.2) is 4.79 Å². The Bertz CT molecular complexity index is 1060. The molecule has 1 N–H and O–H groups in total. The van der Waals surface area contributed by atoms with E-state index in [2.05, 4.69) is 20.9 Å². The predicted octanol–water partition coefficient (Wildman–Crippen LogP) is 3.97. The average molecular weight is 426 g/mol. The summed E-state index contributed by atoms with van der Waals surface area (Å²) in [7, 11) is 0. The first kappa shape index (κ1) is 17.8. The maximum atomic E-state index is 12.5. The minimum atomic E-state index is -0.0736. The van der Waals surface area contributed by atoms with Crippen LogP contribution in [0.5, 0.6) is 0 Å². The Balaban J connectivity index is 1.43. The predicted molar refractivity (Wildman–Crippen MR) is 111 cm³/mol. The number of piperidine rings is 1. The number of halogens is 1. The zero-order chi connectivity index (χ0) is 18.8. The number of likely N-dealkylation sites (tertiary alicyclic amines) is 1. The molecule has 0 unspecified atom stereocenters. The number of nitrogens with one attached hydrogen (secondary N) is 1. The molecule has 1 aliphatic rings. The van der Waals surface area contributed by atoms with Gasteiger partial charge < -0.3 is 9.88 Å². The molecule has 0 bridgehead atoms. The molecule has 1 saturated heterocycles. The zero-order valence-electron chi connectivity index (χ0n) is 14.8. The van der Waals surface area contributed by atoms with E-state index in [1.807, 2.05) is 64.1 Å². The first-order valence-corrected chi connectivity index (χ1v) is 9.83. The van der Waals surface area contributed by atoms with Crippen LogP contribution in [0.3, 0.4) is 0 Å². The number of amides is 1. The van der Waals surface area contributed by atoms with E-state index >= 15 is 0 Å². The number of para-hydroxylation sites is 2. The number of rotatable bonds is 3. The van der Waals surface area contributed by atoms with Crippen LogP contribution >= 0.6 is 15.9 Å². The van der Waals surface area contributed by atoms with Crippen LogP contribution in [-0.4, -0.2) is 33.4 Å². The molecule has 2 aromatic carbocycles. The Kier molecular flexibility index (Phi) is 4.99. The Morgan fingerprint density at radius 2 is 1.89 bits per heavy atom. The second kappa shape index (κ2) is 7.56. The summed E-state index contributed by atoms with van der Waals surface area (Å²) in [5.74, 6) is 0.0136. The van der Waals surface area contributed by atoms with Gasteiger partial charge in [-0.1, -0.05) is 40.2 Å². The maximum Gasteiger partial charge on any atom is 0.326 e. The Morgan fingerprint density at radius 1 is 1.11 bits per heavy atom. The number of aromatic amines is 1. The molecule has 0 saturated carbocycles. The minimum Gasteiger partial charge on any atom is -0.339 e. The van der Waals surface area contributed by atoms with Crippen molar-refractivity contribution in [3.63, 3.8) is 0 Å². The molecule has 0 atom stereocenters. The summed E-state index contributed by atoms with van der Waals surface area (Å²) in [5, 5.41) is 0. The van der Waals surface area contributed by atoms with Gasteiger partial charge in [0.15, 0.2) is 0 Å². The van der Waals surface area contributed by atoms with Crippen LogP contribution < -0.4 is 5.69 Å². The SMILES string of the molecule is O=C(/C=C/c1cccc(Br)c1)N1CCC(n2c(=O)[nH]c3ccccc32)CC1. The second-order valence-corrected chi connectivity index (χ2v) is 7.68. The molecular weight excluding hydrogens is 406 g/mol. The highest BCUT2D eigenvalue weighted by atomic mass is 79.9. The number of fused-ring (bicyclic) bond motifs is 1. The van der Waals surface area contributed by atoms with Crippen LogP contribution in [0.15, 0.2) is 63.9 Å². The largest absolute Gasteiger partial charge is 0.339 e. The highest BCUT2D eigenvalue weighted by molar-refractivity contribution is 9.10. The Hall–Kier alpha value is -2.60. The van der Waals surface area contributed by atoms with E-state index in [4.69, 9.17) is 0 Å². The lowest BCUT2D eigenvalue weighted by molar-refractivity contribution is -0.127. The van der Waals surface area contributed by atoms with Crippen molar-refractivity contribution in [2.24, 2.45) is 0 Å². The molecule has 0 spiro atoms. The summed E-state index contributed by atoms with van der Waals surface area (Å²) in [6.07, 6.45) is 5.01. The third kappa shape index (κ3) is 3.76. The van der Waals surface area contributed by atoms with Crippen LogP contribution in [0.4, 0.5) is 0 Å². The van der Waals surface area contributed by atoms with Gasteiger partial charge in [-0.2, -0.15) is 0 Å². The summed E-state index contributed by atoms with van der Waals surface area (Å²) in [6.45, 7) is 1.30. The van der Waals surface area contributed by atoms with E-state index in [0.717, 1.165) is 33.9 Å². The molecule has 1 aliphatic heterocycles. The lowest BCUT2D eigenvalue weighted by Gasteiger charge is -2.32. The van der Waals surface area contributed by atoms with Gasteiger partial charge in [-0.3, -0.25) is 9.36 Å². The van der Waals surface area contributed by atoms with Crippen molar-refractivity contribution < 1.29 is 4.79 Å². The molecule has 3 aromatic rings. The molecule has 5 nitrogen and oxygen atoms in total. The number of benzene rings is 2. The van der Waals surface area contributed by atoms with Gasteiger partial charge in [0.1, 0.15) is 0 Å². The molecule has 2 heterocycles. The lowest BCUT2D eigenvalue weighted by atomic mass is 10.0. The molecule has 0 aliphatic carbocycles. The molecule has 1 amide bonds. The standard InChI is InChI=1S/C21H20BrN3O2/c22-16-5-3-4-15(14-16)8-9-20(26)24-12-10-17(11-13-24)25-19-7-2-1-6-18(19)23-21(25)27/h1-9,14,17H,10-13H2,(H,23,27)/b9-8+. The molecule has 1 aromatic heterocycles. The van der Waals surface area contributed by atoms with Crippen LogP contribution in [0.2, 0.25) is 0 Å². The molecule has 4 rings (SSSR count). The van der Waals surface area contributed by atoms with Crippen molar-refractivity contribution in [3.05, 3.63) is 75.1 Å². The summed E-state index contributed by atoms with van der Waals surface area (Å²) >= 11 is 3.43. The highest BCUT2D eigenvalue weighted by Crippen LogP contribution is 2.25. The third-order valence-corrected chi connectivity index (χ3v) is 5.53. The first-order valence-electron chi connectivity index (χ1n) is 9.03. The Morgan fingerprint density at radius 3 is 2.67 bits per heavy atom. The molecule has 1 fully saturated rings. The number of carbonyl (C=O) groups excluding carboxylic acids is 1. The van der Waals surface area contributed by atoms with Gasteiger partial charge in [-0.05, 0) is 48.7 Å². The summed E-state index contributed by atoms with van der Waals surface area (Å²) in [4.78, 5) is 29.6. The van der Waals surface area contributed by atoms with Crippen molar-refractivity contribution in [1.82, 2.24) is 14.5 Å². The summed E-state index contributed by atoms with van der Waals surface area (Å²) in [6, 6.07) is 15.7. The number of nitrogens with zero attached hydrogens (tertiary/aromatic N) is 2. The number of aromatic nitrogens is 2. The fourth-order valence-corrected chi connectivity index (χ4v) is 4.08. The minimum absolute atomic E-state index is 0.0136. The summed E-state index contributed by atoms with van der Waals surface area (Å²) < 4.78 is 2.83. The van der Waals surface area contributed by atoms with Gasteiger partial charge in [0.05, 0.1) is 11.0 Å². The van der Waals surface area contributed by atoms with Crippen molar-refractivity contribution in [2.75, 3.05) is 13.1 Å². The lowest BCUT2D eigenvalue weighted by Crippen LogP contribution is -2.39. The molecule has 6 heteroatoms. The van der Waals surface area contributed by atoms with E-state index in [1.165, 1.54) is 0 Å². The van der Waals surface area contributed by atoms with E-state index in [-0.39, 0.29) is 17.6 Å². The number of hydrogen-bond donors (Lipinski definition) is 1. The van der Waals surface area contributed by atoms with Crippen LogP contribution in [0.25, 0.3) is 17.1 Å². The van der Waals surface area contributed by atoms with E-state index in [1.54, 1.807) is 6.08 Å². The van der Waals surface area contributed by atoms with E-state index in [0.29, 0.717) is 13.1 Å². The number of H-pyrrole nitrogens is 1. The molecule has 0 radical (unpaired) electrons. The van der Waals surface area contributed by atoms with E-state index in [9.17, 15) is 9.59 Å². The van der Waals surface area contributed by atoms with Gasteiger partial charge in [-0.15, -0.1) is 0 Å². The smallest absolute Gasteiger partial charge is 0.326 e. The monoisotopic (exact) mass is 425 g/mol. The first-order chi connectivity index (χ1) is 13.1. The number of carbonyl (C=O) groups is 1. The fourth-order valence-electron chi connectivity index (χ4n) is 3.66. The maximum absolute atomic E-state index is 12.5. The van der Waals surface area contributed by atoms with Gasteiger partial charge >= 0.3 is 5.69 Å². The van der Waals surface area contributed by atoms with Gasteiger partial charge in [0.25, 0.3) is 0 Å². The molecular formula is C21H20BrN3O2. The number of hydrogen-bond acceptors (Lipinski definition) is 2. The fraction of sp³-hybridized carbons (Fsp3) is 0.238. The number of imidazole rings is 1. The van der Waals surface area contributed by atoms with Gasteiger partial charge in [0.2, 0.25) is 5.91 Å². The van der Waals surface area contributed by atoms with Crippen molar-refractivity contribution in [3.8, 4) is 0 Å². The highest BCUT2D eigenvalue weighted by Gasteiger charge is 2.25. The van der Waals surface area contributed by atoms with Crippen molar-refractivity contribution in [2.45, 2.75) is 18.9 Å². The van der Waals surface area contributed by atoms with Crippen molar-refractivity contribution >= 4 is 38.9 Å². The topological polar surface area (TPSA) is 58.1 Å². The van der Waals surface area contributed by atoms with Gasteiger partial charge in [0, 0.05) is 29.7 Å². The Labute approximate surface area is 165 Å². The molecule has 27 heavy (non-hydrogen) atoms. The van der Waals surface area contributed by atoms with E-state index < -0.39 is 0 Å². The van der Waals surface area contributed by atoms with Crippen molar-refractivity contribution in [1.29, 1.82) is 0 Å². The van der Waals surface area contributed by atoms with Crippen LogP contribution in [0.1, 0.15) is 24.4 Å². The third-order valence-electron chi connectivity index (χ3n) is 5.03. The molecule has 138 valence electrons. The normalized spacial score (nSPS) is 15.7. The van der Waals surface area contributed by atoms with Crippen LogP contribution in [-0.2, 0) is 4.79 Å².